The molecule has 0 aliphatic heterocycles. The number of ether oxygens (including phenoxy) is 2. The summed E-state index contributed by atoms with van der Waals surface area (Å²) in [7, 11) is 0. The highest BCUT2D eigenvalue weighted by atomic mass is 16.6. The van der Waals surface area contributed by atoms with Crippen LogP contribution in [0.3, 0.4) is 0 Å². The van der Waals surface area contributed by atoms with Crippen LogP contribution in [0.25, 0.3) is 0 Å². The molecular weight excluding hydrogens is 374 g/mol. The summed E-state index contributed by atoms with van der Waals surface area (Å²) in [6, 6.07) is 10.3. The molecule has 1 fully saturated rings. The SMILES string of the molecule is CC(C)[C@H](NC(=O)OCc1ccccc1)C(=O)OCC(=O)NC1(C#N)CCCC1. The van der Waals surface area contributed by atoms with Crippen molar-refractivity contribution in [1.29, 1.82) is 5.26 Å². The van der Waals surface area contributed by atoms with Crippen molar-refractivity contribution in [2.24, 2.45) is 5.92 Å². The van der Waals surface area contributed by atoms with Crippen LogP contribution in [-0.4, -0.2) is 36.2 Å². The van der Waals surface area contributed by atoms with Crippen LogP contribution in [0.1, 0.15) is 45.1 Å². The molecule has 1 aromatic carbocycles. The molecule has 0 saturated heterocycles. The molecule has 8 nitrogen and oxygen atoms in total. The molecule has 0 unspecified atom stereocenters. The predicted molar refractivity (Wildman–Crippen MR) is 104 cm³/mol. The van der Waals surface area contributed by atoms with Crippen LogP contribution < -0.4 is 10.6 Å². The second-order valence-electron chi connectivity index (χ2n) is 7.48. The van der Waals surface area contributed by atoms with Gasteiger partial charge in [-0.2, -0.15) is 5.26 Å². The minimum Gasteiger partial charge on any atom is -0.454 e. The molecule has 0 spiro atoms. The van der Waals surface area contributed by atoms with E-state index >= 15 is 0 Å². The zero-order chi connectivity index (χ0) is 21.3. The van der Waals surface area contributed by atoms with Crippen molar-refractivity contribution in [2.45, 2.75) is 57.7 Å². The monoisotopic (exact) mass is 401 g/mol. The minimum atomic E-state index is -0.956. The number of nitrogens with zero attached hydrogens (tertiary/aromatic N) is 1. The third kappa shape index (κ3) is 6.79. The highest BCUT2D eigenvalue weighted by Crippen LogP contribution is 2.28. The van der Waals surface area contributed by atoms with E-state index in [1.165, 1.54) is 0 Å². The number of carbonyl (C=O) groups excluding carboxylic acids is 3. The van der Waals surface area contributed by atoms with Gasteiger partial charge in [-0.05, 0) is 37.2 Å². The lowest BCUT2D eigenvalue weighted by Gasteiger charge is -2.23. The fourth-order valence-corrected chi connectivity index (χ4v) is 3.16. The van der Waals surface area contributed by atoms with Gasteiger partial charge in [-0.3, -0.25) is 4.79 Å². The van der Waals surface area contributed by atoms with Crippen LogP contribution in [0.5, 0.6) is 0 Å². The maximum atomic E-state index is 12.3. The fourth-order valence-electron chi connectivity index (χ4n) is 3.16. The molecule has 29 heavy (non-hydrogen) atoms. The number of hydrogen-bond acceptors (Lipinski definition) is 6. The van der Waals surface area contributed by atoms with Crippen LogP contribution in [0.15, 0.2) is 30.3 Å². The first-order valence-electron chi connectivity index (χ1n) is 9.71. The summed E-state index contributed by atoms with van der Waals surface area (Å²) in [6.07, 6.45) is 2.18. The molecular formula is C21H27N3O5. The van der Waals surface area contributed by atoms with Crippen molar-refractivity contribution in [3.05, 3.63) is 35.9 Å². The van der Waals surface area contributed by atoms with Gasteiger partial charge >= 0.3 is 12.1 Å². The lowest BCUT2D eigenvalue weighted by Crippen LogP contribution is -2.49. The smallest absolute Gasteiger partial charge is 0.408 e. The van der Waals surface area contributed by atoms with E-state index < -0.39 is 36.2 Å². The first-order chi connectivity index (χ1) is 13.8. The first kappa shape index (κ1) is 22.2. The normalized spacial score (nSPS) is 15.8. The Morgan fingerprint density at radius 2 is 1.79 bits per heavy atom. The molecule has 0 bridgehead atoms. The molecule has 1 saturated carbocycles. The second-order valence-corrected chi connectivity index (χ2v) is 7.48. The second kappa shape index (κ2) is 10.5. The van der Waals surface area contributed by atoms with Gasteiger partial charge in [0.05, 0.1) is 6.07 Å². The number of hydrogen-bond donors (Lipinski definition) is 2. The van der Waals surface area contributed by atoms with Gasteiger partial charge in [-0.25, -0.2) is 9.59 Å². The summed E-state index contributed by atoms with van der Waals surface area (Å²) >= 11 is 0. The van der Waals surface area contributed by atoms with Crippen LogP contribution >= 0.6 is 0 Å². The minimum absolute atomic E-state index is 0.0746. The molecule has 0 heterocycles. The highest BCUT2D eigenvalue weighted by Gasteiger charge is 2.36. The average molecular weight is 401 g/mol. The molecule has 1 aliphatic rings. The molecule has 1 atom stereocenters. The lowest BCUT2D eigenvalue weighted by atomic mass is 10.00. The largest absolute Gasteiger partial charge is 0.454 e. The van der Waals surface area contributed by atoms with Crippen LogP contribution in [0.2, 0.25) is 0 Å². The lowest BCUT2D eigenvalue weighted by molar-refractivity contribution is -0.151. The van der Waals surface area contributed by atoms with Gasteiger partial charge in [0.15, 0.2) is 6.61 Å². The molecule has 0 aromatic heterocycles. The van der Waals surface area contributed by atoms with E-state index in [0.717, 1.165) is 18.4 Å². The number of alkyl carbamates (subject to hydrolysis) is 1. The fraction of sp³-hybridized carbons (Fsp3) is 0.524. The zero-order valence-corrected chi connectivity index (χ0v) is 16.8. The summed E-state index contributed by atoms with van der Waals surface area (Å²) in [4.78, 5) is 36.5. The van der Waals surface area contributed by atoms with Crippen molar-refractivity contribution in [3.63, 3.8) is 0 Å². The standard InChI is InChI=1S/C21H27N3O5/c1-15(2)18(23-20(27)29-12-16-8-4-3-5-9-16)19(26)28-13-17(25)24-21(14-22)10-6-7-11-21/h3-5,8-9,15,18H,6-7,10-13H2,1-2H3,(H,23,27)(H,24,25)/t18-/m0/s1. The molecule has 8 heteroatoms. The Kier molecular flexibility index (Phi) is 8.01. The number of rotatable bonds is 8. The molecule has 1 aromatic rings. The van der Waals surface area contributed by atoms with E-state index in [0.29, 0.717) is 12.8 Å². The van der Waals surface area contributed by atoms with Gasteiger partial charge in [-0.15, -0.1) is 0 Å². The summed E-state index contributed by atoms with van der Waals surface area (Å²) in [5.74, 6) is -1.53. The first-order valence-corrected chi connectivity index (χ1v) is 9.71. The molecule has 2 rings (SSSR count). The van der Waals surface area contributed by atoms with Gasteiger partial charge < -0.3 is 20.1 Å². The van der Waals surface area contributed by atoms with Crippen LogP contribution in [0, 0.1) is 17.2 Å². The highest BCUT2D eigenvalue weighted by molar-refractivity contribution is 5.85. The maximum Gasteiger partial charge on any atom is 0.408 e. The third-order valence-electron chi connectivity index (χ3n) is 4.80. The Morgan fingerprint density at radius 1 is 1.14 bits per heavy atom. The Morgan fingerprint density at radius 3 is 2.38 bits per heavy atom. The van der Waals surface area contributed by atoms with Gasteiger partial charge in [0.25, 0.3) is 5.91 Å². The quantitative estimate of drug-likeness (QED) is 0.646. The van der Waals surface area contributed by atoms with Crippen molar-refractivity contribution >= 4 is 18.0 Å². The molecule has 2 amide bonds. The van der Waals surface area contributed by atoms with Gasteiger partial charge in [0.2, 0.25) is 0 Å². The van der Waals surface area contributed by atoms with E-state index in [1.807, 2.05) is 30.3 Å². The van der Waals surface area contributed by atoms with Crippen LogP contribution in [0.4, 0.5) is 4.79 Å². The zero-order valence-electron chi connectivity index (χ0n) is 16.8. The number of nitriles is 1. The van der Waals surface area contributed by atoms with E-state index in [1.54, 1.807) is 13.8 Å². The van der Waals surface area contributed by atoms with E-state index in [9.17, 15) is 19.6 Å². The average Bonchev–Trinajstić information content (AvgIpc) is 3.18. The summed E-state index contributed by atoms with van der Waals surface area (Å²) in [5, 5.41) is 14.4. The van der Waals surface area contributed by atoms with E-state index in [-0.39, 0.29) is 12.5 Å². The molecule has 2 N–H and O–H groups in total. The number of nitrogens with one attached hydrogen (secondary N) is 2. The van der Waals surface area contributed by atoms with Gasteiger partial charge in [0.1, 0.15) is 18.2 Å². The number of carbonyl (C=O) groups is 3. The number of esters is 1. The Balaban J connectivity index is 1.81. The van der Waals surface area contributed by atoms with E-state index in [4.69, 9.17) is 9.47 Å². The third-order valence-corrected chi connectivity index (χ3v) is 4.80. The number of benzene rings is 1. The van der Waals surface area contributed by atoms with Crippen molar-refractivity contribution in [1.82, 2.24) is 10.6 Å². The molecule has 0 radical (unpaired) electrons. The summed E-state index contributed by atoms with van der Waals surface area (Å²) in [6.45, 7) is 3.05. The van der Waals surface area contributed by atoms with Gasteiger partial charge in [-0.1, -0.05) is 44.2 Å². The van der Waals surface area contributed by atoms with Crippen molar-refractivity contribution in [2.75, 3.05) is 6.61 Å². The Bertz CT molecular complexity index is 751. The van der Waals surface area contributed by atoms with Crippen LogP contribution in [-0.2, 0) is 25.7 Å². The predicted octanol–water partition coefficient (Wildman–Crippen LogP) is 2.43. The summed E-state index contributed by atoms with van der Waals surface area (Å²) < 4.78 is 10.2. The maximum absolute atomic E-state index is 12.3. The van der Waals surface area contributed by atoms with Crippen molar-refractivity contribution in [3.8, 4) is 6.07 Å². The van der Waals surface area contributed by atoms with Gasteiger partial charge in [0, 0.05) is 0 Å². The Hall–Kier alpha value is -3.08. The topological polar surface area (TPSA) is 118 Å². The summed E-state index contributed by atoms with van der Waals surface area (Å²) in [5.41, 5.74) is -0.0539. The van der Waals surface area contributed by atoms with Crippen molar-refractivity contribution < 1.29 is 23.9 Å². The molecule has 1 aliphatic carbocycles. The number of amides is 2. The van der Waals surface area contributed by atoms with E-state index in [2.05, 4.69) is 16.7 Å². The molecule has 156 valence electrons. The Labute approximate surface area is 170 Å².